The molecule has 1 saturated carbocycles. The van der Waals surface area contributed by atoms with Gasteiger partial charge in [0.2, 0.25) is 0 Å². The van der Waals surface area contributed by atoms with Gasteiger partial charge < -0.3 is 5.11 Å². The molecule has 96 valence electrons. The van der Waals surface area contributed by atoms with Gasteiger partial charge in [-0.2, -0.15) is 5.26 Å². The maximum atomic E-state index is 10.5. The van der Waals surface area contributed by atoms with Crippen LogP contribution in [0.5, 0.6) is 0 Å². The third kappa shape index (κ3) is 2.91. The molecule has 1 aromatic carbocycles. The van der Waals surface area contributed by atoms with E-state index in [4.69, 9.17) is 5.26 Å². The number of rotatable bonds is 2. The Morgan fingerprint density at radius 3 is 2.50 bits per heavy atom. The van der Waals surface area contributed by atoms with Crippen LogP contribution in [0.1, 0.15) is 50.3 Å². The fourth-order valence-electron chi connectivity index (χ4n) is 3.33. The molecule has 1 aliphatic carbocycles. The minimum Gasteiger partial charge on any atom is -0.388 e. The molecule has 0 aliphatic heterocycles. The van der Waals surface area contributed by atoms with Gasteiger partial charge in [0.1, 0.15) is 0 Å². The average molecular weight is 243 g/mol. The van der Waals surface area contributed by atoms with Crippen LogP contribution in [0.3, 0.4) is 0 Å². The van der Waals surface area contributed by atoms with Gasteiger partial charge in [0.15, 0.2) is 0 Å². The van der Waals surface area contributed by atoms with E-state index in [1.165, 1.54) is 6.42 Å². The Bertz CT molecular complexity index is 439. The Balaban J connectivity index is 2.15. The standard InChI is InChI=1S/C16H21NO/c1-11-6-12(2)8-15(7-11)16(18)14-5-3-4-13(9-14)10-17/h3-5,9,11-12,15-16,18H,6-8H2,1-2H3. The Hall–Kier alpha value is -1.33. The van der Waals surface area contributed by atoms with Crippen molar-refractivity contribution < 1.29 is 5.11 Å². The van der Waals surface area contributed by atoms with E-state index < -0.39 is 6.10 Å². The molecule has 3 unspecified atom stereocenters. The van der Waals surface area contributed by atoms with Crippen LogP contribution in [0.15, 0.2) is 24.3 Å². The molecule has 18 heavy (non-hydrogen) atoms. The zero-order valence-electron chi connectivity index (χ0n) is 11.1. The molecule has 0 saturated heterocycles. The Morgan fingerprint density at radius 2 is 1.89 bits per heavy atom. The second-order valence-electron chi connectivity index (χ2n) is 5.86. The lowest BCUT2D eigenvalue weighted by Crippen LogP contribution is -2.24. The first kappa shape index (κ1) is 13.1. The largest absolute Gasteiger partial charge is 0.388 e. The van der Waals surface area contributed by atoms with Crippen molar-refractivity contribution in [2.75, 3.05) is 0 Å². The highest BCUT2D eigenvalue weighted by molar-refractivity contribution is 5.34. The highest BCUT2D eigenvalue weighted by Crippen LogP contribution is 2.39. The summed E-state index contributed by atoms with van der Waals surface area (Å²) >= 11 is 0. The van der Waals surface area contributed by atoms with Crippen LogP contribution in [-0.2, 0) is 0 Å². The van der Waals surface area contributed by atoms with Crippen molar-refractivity contribution in [2.45, 2.75) is 39.2 Å². The second-order valence-corrected chi connectivity index (χ2v) is 5.86. The summed E-state index contributed by atoms with van der Waals surface area (Å²) in [6, 6.07) is 9.51. The van der Waals surface area contributed by atoms with E-state index in [2.05, 4.69) is 19.9 Å². The van der Waals surface area contributed by atoms with Crippen molar-refractivity contribution in [2.24, 2.45) is 17.8 Å². The van der Waals surface area contributed by atoms with E-state index >= 15 is 0 Å². The molecule has 3 atom stereocenters. The average Bonchev–Trinajstić information content (AvgIpc) is 2.37. The monoisotopic (exact) mass is 243 g/mol. The lowest BCUT2D eigenvalue weighted by atomic mass is 9.73. The molecule has 2 nitrogen and oxygen atoms in total. The van der Waals surface area contributed by atoms with E-state index in [-0.39, 0.29) is 0 Å². The smallest absolute Gasteiger partial charge is 0.0991 e. The summed E-state index contributed by atoms with van der Waals surface area (Å²) in [7, 11) is 0. The third-order valence-corrected chi connectivity index (χ3v) is 4.02. The van der Waals surface area contributed by atoms with Crippen molar-refractivity contribution in [3.63, 3.8) is 0 Å². The number of nitrogens with zero attached hydrogens (tertiary/aromatic N) is 1. The second kappa shape index (κ2) is 5.54. The van der Waals surface area contributed by atoms with Crippen LogP contribution in [0.25, 0.3) is 0 Å². The highest BCUT2D eigenvalue weighted by atomic mass is 16.3. The Kier molecular flexibility index (Phi) is 4.04. The van der Waals surface area contributed by atoms with Gasteiger partial charge in [-0.15, -0.1) is 0 Å². The SMILES string of the molecule is CC1CC(C)CC(C(O)c2cccc(C#N)c2)C1. The molecule has 0 aromatic heterocycles. The number of benzene rings is 1. The lowest BCUT2D eigenvalue weighted by molar-refractivity contribution is 0.0551. The zero-order chi connectivity index (χ0) is 13.1. The van der Waals surface area contributed by atoms with Crippen molar-refractivity contribution >= 4 is 0 Å². The summed E-state index contributed by atoms with van der Waals surface area (Å²) in [4.78, 5) is 0. The van der Waals surface area contributed by atoms with Crippen molar-refractivity contribution in [3.8, 4) is 6.07 Å². The molecule has 1 aromatic rings. The van der Waals surface area contributed by atoms with E-state index in [1.54, 1.807) is 6.07 Å². The number of aliphatic hydroxyl groups is 1. The van der Waals surface area contributed by atoms with Gasteiger partial charge in [-0.05, 0) is 54.7 Å². The van der Waals surface area contributed by atoms with E-state index in [1.807, 2.05) is 18.2 Å². The van der Waals surface area contributed by atoms with Crippen LogP contribution >= 0.6 is 0 Å². The van der Waals surface area contributed by atoms with Crippen molar-refractivity contribution in [1.82, 2.24) is 0 Å². The molecular weight excluding hydrogens is 222 g/mol. The normalized spacial score (nSPS) is 29.6. The fraction of sp³-hybridized carbons (Fsp3) is 0.562. The van der Waals surface area contributed by atoms with Crippen molar-refractivity contribution in [1.29, 1.82) is 5.26 Å². The first-order chi connectivity index (χ1) is 8.60. The zero-order valence-corrected chi connectivity index (χ0v) is 11.1. The predicted molar refractivity (Wildman–Crippen MR) is 71.8 cm³/mol. The Morgan fingerprint density at radius 1 is 1.22 bits per heavy atom. The first-order valence-electron chi connectivity index (χ1n) is 6.78. The van der Waals surface area contributed by atoms with Gasteiger partial charge in [-0.25, -0.2) is 0 Å². The minimum atomic E-state index is -0.427. The summed E-state index contributed by atoms with van der Waals surface area (Å²) in [5.41, 5.74) is 1.52. The molecule has 0 spiro atoms. The van der Waals surface area contributed by atoms with Crippen LogP contribution in [0, 0.1) is 29.1 Å². The highest BCUT2D eigenvalue weighted by Gasteiger charge is 2.29. The predicted octanol–water partition coefficient (Wildman–Crippen LogP) is 3.66. The van der Waals surface area contributed by atoms with Crippen LogP contribution < -0.4 is 0 Å². The Labute approximate surface area is 109 Å². The van der Waals surface area contributed by atoms with Gasteiger partial charge in [-0.1, -0.05) is 26.0 Å². The quantitative estimate of drug-likeness (QED) is 0.861. The van der Waals surface area contributed by atoms with Crippen LogP contribution in [0.4, 0.5) is 0 Å². The number of nitriles is 1. The van der Waals surface area contributed by atoms with E-state index in [9.17, 15) is 5.11 Å². The van der Waals surface area contributed by atoms with Crippen LogP contribution in [-0.4, -0.2) is 5.11 Å². The molecule has 2 rings (SSSR count). The van der Waals surface area contributed by atoms with Crippen LogP contribution in [0.2, 0.25) is 0 Å². The summed E-state index contributed by atoms with van der Waals surface area (Å²) in [6.45, 7) is 4.53. The molecule has 0 radical (unpaired) electrons. The molecule has 1 aliphatic rings. The maximum absolute atomic E-state index is 10.5. The van der Waals surface area contributed by atoms with Crippen molar-refractivity contribution in [3.05, 3.63) is 35.4 Å². The molecule has 2 heteroatoms. The number of hydrogen-bond donors (Lipinski definition) is 1. The molecule has 1 N–H and O–H groups in total. The van der Waals surface area contributed by atoms with Gasteiger partial charge >= 0.3 is 0 Å². The van der Waals surface area contributed by atoms with E-state index in [0.717, 1.165) is 18.4 Å². The molecule has 1 fully saturated rings. The van der Waals surface area contributed by atoms with Gasteiger partial charge in [-0.3, -0.25) is 0 Å². The van der Waals surface area contributed by atoms with Gasteiger partial charge in [0.05, 0.1) is 17.7 Å². The molecule has 0 amide bonds. The fourth-order valence-corrected chi connectivity index (χ4v) is 3.33. The molecule has 0 bridgehead atoms. The molecular formula is C16H21NO. The van der Waals surface area contributed by atoms with E-state index in [0.29, 0.717) is 23.3 Å². The minimum absolute atomic E-state index is 0.331. The summed E-state index contributed by atoms with van der Waals surface area (Å²) in [5, 5.41) is 19.4. The number of aliphatic hydroxyl groups excluding tert-OH is 1. The summed E-state index contributed by atoms with van der Waals surface area (Å²) in [5.74, 6) is 1.71. The van der Waals surface area contributed by atoms with Gasteiger partial charge in [0, 0.05) is 0 Å². The summed E-state index contributed by atoms with van der Waals surface area (Å²) in [6.07, 6.45) is 3.01. The maximum Gasteiger partial charge on any atom is 0.0991 e. The topological polar surface area (TPSA) is 44.0 Å². The third-order valence-electron chi connectivity index (χ3n) is 4.02. The molecule has 0 heterocycles. The first-order valence-corrected chi connectivity index (χ1v) is 6.78. The number of hydrogen-bond acceptors (Lipinski definition) is 2. The summed E-state index contributed by atoms with van der Waals surface area (Å²) < 4.78 is 0. The lowest BCUT2D eigenvalue weighted by Gasteiger charge is -2.34. The van der Waals surface area contributed by atoms with Gasteiger partial charge in [0.25, 0.3) is 0 Å².